The molecule has 0 aliphatic rings. The van der Waals surface area contributed by atoms with Gasteiger partial charge in [0.1, 0.15) is 0 Å². The van der Waals surface area contributed by atoms with Crippen LogP contribution < -0.4 is 5.32 Å². The Morgan fingerprint density at radius 1 is 1.69 bits per heavy atom. The van der Waals surface area contributed by atoms with E-state index in [2.05, 4.69) is 5.32 Å². The molecule has 0 saturated carbocycles. The molecule has 0 aliphatic carbocycles. The Labute approximate surface area is 99.2 Å². The predicted molar refractivity (Wildman–Crippen MR) is 63.9 cm³/mol. The topological polar surface area (TPSA) is 58.6 Å². The number of carboxylic acid groups (broad SMARTS) is 1. The van der Waals surface area contributed by atoms with Gasteiger partial charge in [0.05, 0.1) is 13.0 Å². The smallest absolute Gasteiger partial charge is 0.304 e. The molecule has 0 saturated heterocycles. The Morgan fingerprint density at radius 3 is 3.06 bits per heavy atom. The first-order chi connectivity index (χ1) is 7.72. The highest BCUT2D eigenvalue weighted by Gasteiger charge is 2.13. The van der Waals surface area contributed by atoms with Gasteiger partial charge in [-0.25, -0.2) is 0 Å². The maximum atomic E-state index is 10.7. The third kappa shape index (κ3) is 5.25. The molecule has 16 heavy (non-hydrogen) atoms. The Hall–Kier alpha value is -0.910. The van der Waals surface area contributed by atoms with Crippen LogP contribution in [0.2, 0.25) is 0 Å². The van der Waals surface area contributed by atoms with Gasteiger partial charge in [-0.15, -0.1) is 11.3 Å². The van der Waals surface area contributed by atoms with Gasteiger partial charge in [0.15, 0.2) is 0 Å². The van der Waals surface area contributed by atoms with Gasteiger partial charge in [-0.1, -0.05) is 6.07 Å². The van der Waals surface area contributed by atoms with Gasteiger partial charge >= 0.3 is 5.97 Å². The lowest BCUT2D eigenvalue weighted by Crippen LogP contribution is -2.35. The van der Waals surface area contributed by atoms with Crippen LogP contribution in [-0.4, -0.2) is 37.4 Å². The van der Waals surface area contributed by atoms with Crippen molar-refractivity contribution in [2.75, 3.05) is 20.3 Å². The van der Waals surface area contributed by atoms with Crippen molar-refractivity contribution in [3.05, 3.63) is 22.4 Å². The van der Waals surface area contributed by atoms with E-state index in [4.69, 9.17) is 9.84 Å². The van der Waals surface area contributed by atoms with Crippen molar-refractivity contribution in [2.24, 2.45) is 0 Å². The number of rotatable bonds is 8. The van der Waals surface area contributed by atoms with E-state index in [-0.39, 0.29) is 12.5 Å². The third-order valence-corrected chi connectivity index (χ3v) is 3.09. The molecule has 0 aromatic carbocycles. The van der Waals surface area contributed by atoms with Crippen molar-refractivity contribution < 1.29 is 14.6 Å². The molecule has 5 heteroatoms. The zero-order chi connectivity index (χ0) is 11.8. The molecule has 1 atom stereocenters. The summed E-state index contributed by atoms with van der Waals surface area (Å²) in [5, 5.41) is 14.0. The molecule has 1 rings (SSSR count). The highest BCUT2D eigenvalue weighted by Crippen LogP contribution is 2.12. The fourth-order valence-corrected chi connectivity index (χ4v) is 2.25. The second-order valence-electron chi connectivity index (χ2n) is 3.53. The van der Waals surface area contributed by atoms with Gasteiger partial charge < -0.3 is 15.2 Å². The van der Waals surface area contributed by atoms with E-state index in [1.807, 2.05) is 17.5 Å². The number of aliphatic carboxylic acids is 1. The molecular formula is C11H17NO3S. The van der Waals surface area contributed by atoms with Crippen LogP contribution in [0.25, 0.3) is 0 Å². The van der Waals surface area contributed by atoms with E-state index in [0.29, 0.717) is 13.2 Å². The maximum Gasteiger partial charge on any atom is 0.304 e. The molecule has 0 fully saturated rings. The van der Waals surface area contributed by atoms with Crippen LogP contribution in [0.1, 0.15) is 11.3 Å². The summed E-state index contributed by atoms with van der Waals surface area (Å²) in [5.41, 5.74) is 0. The van der Waals surface area contributed by atoms with E-state index >= 15 is 0 Å². The Morgan fingerprint density at radius 2 is 2.50 bits per heavy atom. The van der Waals surface area contributed by atoms with E-state index in [1.165, 1.54) is 4.88 Å². The summed E-state index contributed by atoms with van der Waals surface area (Å²) in [4.78, 5) is 11.9. The van der Waals surface area contributed by atoms with Crippen molar-refractivity contribution in [1.29, 1.82) is 0 Å². The number of thiophene rings is 1. The van der Waals surface area contributed by atoms with Crippen molar-refractivity contribution in [3.8, 4) is 0 Å². The lowest BCUT2D eigenvalue weighted by atomic mass is 10.1. The highest BCUT2D eigenvalue weighted by atomic mass is 32.1. The molecule has 90 valence electrons. The third-order valence-electron chi connectivity index (χ3n) is 2.19. The van der Waals surface area contributed by atoms with Gasteiger partial charge in [-0.05, 0) is 17.9 Å². The quantitative estimate of drug-likeness (QED) is 0.677. The minimum absolute atomic E-state index is 0.0219. The highest BCUT2D eigenvalue weighted by molar-refractivity contribution is 7.09. The lowest BCUT2D eigenvalue weighted by Gasteiger charge is -2.15. The monoisotopic (exact) mass is 243 g/mol. The number of hydrogen-bond donors (Lipinski definition) is 2. The van der Waals surface area contributed by atoms with E-state index < -0.39 is 5.97 Å². The summed E-state index contributed by atoms with van der Waals surface area (Å²) in [6, 6.07) is 3.98. The second kappa shape index (κ2) is 7.38. The molecule has 4 nitrogen and oxygen atoms in total. The van der Waals surface area contributed by atoms with Crippen molar-refractivity contribution >= 4 is 17.3 Å². The van der Waals surface area contributed by atoms with Crippen molar-refractivity contribution in [3.63, 3.8) is 0 Å². The Kier molecular flexibility index (Phi) is 6.07. The first-order valence-corrected chi connectivity index (χ1v) is 6.07. The van der Waals surface area contributed by atoms with E-state index in [1.54, 1.807) is 18.4 Å². The van der Waals surface area contributed by atoms with Crippen molar-refractivity contribution in [2.45, 2.75) is 18.9 Å². The molecule has 1 aromatic rings. The number of methoxy groups -OCH3 is 1. The number of hydrogen-bond acceptors (Lipinski definition) is 4. The van der Waals surface area contributed by atoms with Gasteiger partial charge in [0.25, 0.3) is 0 Å². The van der Waals surface area contributed by atoms with Gasteiger partial charge in [-0.2, -0.15) is 0 Å². The Balaban J connectivity index is 2.40. The molecule has 1 heterocycles. The standard InChI is InChI=1S/C11H17NO3S/c1-15-5-4-12-9(8-11(13)14)7-10-3-2-6-16-10/h2-3,6,9,12H,4-5,7-8H2,1H3,(H,13,14). The zero-order valence-corrected chi connectivity index (χ0v) is 10.1. The van der Waals surface area contributed by atoms with Gasteiger partial charge in [0.2, 0.25) is 0 Å². The van der Waals surface area contributed by atoms with E-state index in [9.17, 15) is 4.79 Å². The van der Waals surface area contributed by atoms with Gasteiger partial charge in [0, 0.05) is 24.6 Å². The number of carboxylic acids is 1. The second-order valence-corrected chi connectivity index (χ2v) is 4.56. The summed E-state index contributed by atoms with van der Waals surface area (Å²) >= 11 is 1.65. The van der Waals surface area contributed by atoms with Crippen LogP contribution in [0.15, 0.2) is 17.5 Å². The van der Waals surface area contributed by atoms with Gasteiger partial charge in [-0.3, -0.25) is 4.79 Å². The summed E-state index contributed by atoms with van der Waals surface area (Å²) in [5.74, 6) is -0.772. The molecule has 0 spiro atoms. The molecule has 2 N–H and O–H groups in total. The summed E-state index contributed by atoms with van der Waals surface area (Å²) in [6.07, 6.45) is 0.898. The Bertz CT molecular complexity index is 300. The zero-order valence-electron chi connectivity index (χ0n) is 9.31. The van der Waals surface area contributed by atoms with Crippen molar-refractivity contribution in [1.82, 2.24) is 5.32 Å². The average Bonchev–Trinajstić information content (AvgIpc) is 2.69. The van der Waals surface area contributed by atoms with Crippen LogP contribution in [0.4, 0.5) is 0 Å². The molecule has 1 unspecified atom stereocenters. The lowest BCUT2D eigenvalue weighted by molar-refractivity contribution is -0.137. The van der Waals surface area contributed by atoms with Crippen LogP contribution in [0.3, 0.4) is 0 Å². The summed E-state index contributed by atoms with van der Waals surface area (Å²) in [6.45, 7) is 1.28. The minimum Gasteiger partial charge on any atom is -0.481 e. The molecule has 0 bridgehead atoms. The fraction of sp³-hybridized carbons (Fsp3) is 0.545. The number of ether oxygens (including phenoxy) is 1. The average molecular weight is 243 g/mol. The maximum absolute atomic E-state index is 10.7. The molecule has 0 amide bonds. The number of nitrogens with one attached hydrogen (secondary N) is 1. The molecule has 0 aliphatic heterocycles. The summed E-state index contributed by atoms with van der Waals surface area (Å²) in [7, 11) is 1.63. The normalized spacial score (nSPS) is 12.6. The summed E-state index contributed by atoms with van der Waals surface area (Å²) < 4.78 is 4.93. The SMILES string of the molecule is COCCNC(CC(=O)O)Cc1cccs1. The molecule has 1 aromatic heterocycles. The van der Waals surface area contributed by atoms with E-state index in [0.717, 1.165) is 6.42 Å². The van der Waals surface area contributed by atoms with Crippen LogP contribution in [0, 0.1) is 0 Å². The minimum atomic E-state index is -0.772. The number of carbonyl (C=O) groups is 1. The van der Waals surface area contributed by atoms with Crippen LogP contribution >= 0.6 is 11.3 Å². The fourth-order valence-electron chi connectivity index (χ4n) is 1.46. The predicted octanol–water partition coefficient (Wildman–Crippen LogP) is 1.37. The molecule has 0 radical (unpaired) electrons. The first kappa shape index (κ1) is 13.2. The molecular weight excluding hydrogens is 226 g/mol. The van der Waals surface area contributed by atoms with Crippen LogP contribution in [0.5, 0.6) is 0 Å². The first-order valence-electron chi connectivity index (χ1n) is 5.19. The van der Waals surface area contributed by atoms with Crippen LogP contribution in [-0.2, 0) is 16.0 Å². The largest absolute Gasteiger partial charge is 0.481 e.